The molecule has 0 aliphatic rings. The summed E-state index contributed by atoms with van der Waals surface area (Å²) in [5.74, 6) is 0.879. The average molecular weight is 397 g/mol. The Labute approximate surface area is 173 Å². The molecule has 0 aromatic heterocycles. The van der Waals surface area contributed by atoms with Crippen molar-refractivity contribution in [1.82, 2.24) is 0 Å². The smallest absolute Gasteiger partial charge is 0.119 e. The number of methoxy groups -OCH3 is 1. The number of rotatable bonds is 7. The van der Waals surface area contributed by atoms with Crippen molar-refractivity contribution in [1.29, 1.82) is 0 Å². The van der Waals surface area contributed by atoms with Crippen LogP contribution in [0.1, 0.15) is 5.56 Å². The maximum atomic E-state index is 5.58. The van der Waals surface area contributed by atoms with E-state index >= 15 is 0 Å². The quantitative estimate of drug-likeness (QED) is 0.440. The SMILES string of the molecule is COc1ccc(NCc2ccccc2)c(P(c2ccccc2)c2ccccc2)c1. The number of hydrogen-bond acceptors (Lipinski definition) is 2. The fraction of sp³-hybridized carbons (Fsp3) is 0.0769. The molecule has 0 bridgehead atoms. The number of ether oxygens (including phenoxy) is 1. The highest BCUT2D eigenvalue weighted by Crippen LogP contribution is 2.37. The highest BCUT2D eigenvalue weighted by Gasteiger charge is 2.20. The van der Waals surface area contributed by atoms with Crippen molar-refractivity contribution >= 4 is 29.5 Å². The molecule has 29 heavy (non-hydrogen) atoms. The normalized spacial score (nSPS) is 10.7. The molecule has 0 fully saturated rings. The second-order valence-electron chi connectivity index (χ2n) is 6.73. The van der Waals surface area contributed by atoms with Gasteiger partial charge in [0.25, 0.3) is 0 Å². The molecule has 2 nitrogen and oxygen atoms in total. The Bertz CT molecular complexity index is 997. The topological polar surface area (TPSA) is 21.3 Å². The monoisotopic (exact) mass is 397 g/mol. The second-order valence-corrected chi connectivity index (χ2v) is 8.91. The molecule has 1 N–H and O–H groups in total. The number of hydrogen-bond donors (Lipinski definition) is 1. The summed E-state index contributed by atoms with van der Waals surface area (Å²) in [6, 6.07) is 38.3. The largest absolute Gasteiger partial charge is 0.497 e. The first-order valence-corrected chi connectivity index (χ1v) is 11.1. The van der Waals surface area contributed by atoms with E-state index in [2.05, 4.69) is 102 Å². The van der Waals surface area contributed by atoms with Crippen molar-refractivity contribution in [3.05, 3.63) is 115 Å². The van der Waals surface area contributed by atoms with Crippen molar-refractivity contribution in [2.45, 2.75) is 6.54 Å². The lowest BCUT2D eigenvalue weighted by Crippen LogP contribution is -2.23. The number of nitrogens with one attached hydrogen (secondary N) is 1. The van der Waals surface area contributed by atoms with Gasteiger partial charge in [-0.1, -0.05) is 91.0 Å². The third-order valence-corrected chi connectivity index (χ3v) is 7.28. The zero-order valence-corrected chi connectivity index (χ0v) is 17.3. The molecule has 4 aromatic rings. The van der Waals surface area contributed by atoms with Crippen LogP contribution in [-0.2, 0) is 6.54 Å². The number of anilines is 1. The fourth-order valence-electron chi connectivity index (χ4n) is 3.35. The van der Waals surface area contributed by atoms with Crippen LogP contribution in [0.15, 0.2) is 109 Å². The standard InChI is InChI=1S/C26H24NOP/c1-28-22-17-18-25(27-20-21-11-5-2-6-12-21)26(19-22)29(23-13-7-3-8-14-23)24-15-9-4-10-16-24/h2-19,27H,20H2,1H3. The summed E-state index contributed by atoms with van der Waals surface area (Å²) in [4.78, 5) is 0. The van der Waals surface area contributed by atoms with Crippen LogP contribution in [0.5, 0.6) is 5.75 Å². The fourth-order valence-corrected chi connectivity index (χ4v) is 5.79. The van der Waals surface area contributed by atoms with Gasteiger partial charge >= 0.3 is 0 Å². The molecular formula is C26H24NOP. The van der Waals surface area contributed by atoms with E-state index in [-0.39, 0.29) is 0 Å². The van der Waals surface area contributed by atoms with Crippen LogP contribution in [0.25, 0.3) is 0 Å². The van der Waals surface area contributed by atoms with Gasteiger partial charge < -0.3 is 10.1 Å². The van der Waals surface area contributed by atoms with Crippen molar-refractivity contribution < 1.29 is 4.74 Å². The average Bonchev–Trinajstić information content (AvgIpc) is 2.80. The Morgan fingerprint density at radius 3 is 1.79 bits per heavy atom. The van der Waals surface area contributed by atoms with Crippen LogP contribution >= 0.6 is 7.92 Å². The molecule has 0 heterocycles. The Balaban J connectivity index is 1.78. The van der Waals surface area contributed by atoms with Gasteiger partial charge in [-0.2, -0.15) is 0 Å². The van der Waals surface area contributed by atoms with Crippen molar-refractivity contribution in [2.75, 3.05) is 12.4 Å². The Kier molecular flexibility index (Phi) is 6.24. The Hall–Kier alpha value is -3.09. The molecule has 0 saturated heterocycles. The van der Waals surface area contributed by atoms with Gasteiger partial charge in [0.1, 0.15) is 5.75 Å². The lowest BCUT2D eigenvalue weighted by Gasteiger charge is -2.23. The van der Waals surface area contributed by atoms with Crippen LogP contribution in [-0.4, -0.2) is 7.11 Å². The molecule has 0 aliphatic heterocycles. The van der Waals surface area contributed by atoms with E-state index in [1.165, 1.54) is 21.5 Å². The molecule has 4 aromatic carbocycles. The van der Waals surface area contributed by atoms with E-state index in [1.807, 2.05) is 12.1 Å². The van der Waals surface area contributed by atoms with Gasteiger partial charge in [0, 0.05) is 17.5 Å². The Morgan fingerprint density at radius 2 is 1.24 bits per heavy atom. The first kappa shape index (κ1) is 19.2. The molecule has 4 rings (SSSR count). The van der Waals surface area contributed by atoms with Crippen LogP contribution in [0.4, 0.5) is 5.69 Å². The maximum Gasteiger partial charge on any atom is 0.119 e. The van der Waals surface area contributed by atoms with E-state index in [1.54, 1.807) is 7.11 Å². The molecule has 3 heteroatoms. The minimum absolute atomic E-state index is 0.712. The second kappa shape index (κ2) is 9.41. The van der Waals surface area contributed by atoms with Gasteiger partial charge in [-0.25, -0.2) is 0 Å². The summed E-state index contributed by atoms with van der Waals surface area (Å²) in [5.41, 5.74) is 2.41. The summed E-state index contributed by atoms with van der Waals surface area (Å²) in [6.45, 7) is 0.785. The van der Waals surface area contributed by atoms with Crippen LogP contribution in [0, 0.1) is 0 Å². The van der Waals surface area contributed by atoms with E-state index in [0.29, 0.717) is 0 Å². The predicted molar refractivity (Wildman–Crippen MR) is 125 cm³/mol. The predicted octanol–water partition coefficient (Wildman–Crippen LogP) is 5.07. The third-order valence-electron chi connectivity index (χ3n) is 4.80. The summed E-state index contributed by atoms with van der Waals surface area (Å²) < 4.78 is 5.58. The van der Waals surface area contributed by atoms with Gasteiger partial charge in [0.15, 0.2) is 0 Å². The lowest BCUT2D eigenvalue weighted by atomic mass is 10.2. The van der Waals surface area contributed by atoms with Gasteiger partial charge in [-0.05, 0) is 42.3 Å². The van der Waals surface area contributed by atoms with Crippen LogP contribution < -0.4 is 26.0 Å². The molecule has 0 radical (unpaired) electrons. The summed E-state index contributed by atoms with van der Waals surface area (Å²) in [7, 11) is 1.01. The zero-order valence-electron chi connectivity index (χ0n) is 16.5. The van der Waals surface area contributed by atoms with E-state index in [4.69, 9.17) is 4.74 Å². The molecule has 0 atom stereocenters. The summed E-state index contributed by atoms with van der Waals surface area (Å²) >= 11 is 0. The first-order chi connectivity index (χ1) is 14.3. The van der Waals surface area contributed by atoms with E-state index in [0.717, 1.165) is 18.0 Å². The molecular weight excluding hydrogens is 373 g/mol. The molecule has 0 amide bonds. The zero-order chi connectivity index (χ0) is 19.9. The number of benzene rings is 4. The van der Waals surface area contributed by atoms with Gasteiger partial charge in [0.05, 0.1) is 7.11 Å². The van der Waals surface area contributed by atoms with E-state index in [9.17, 15) is 0 Å². The first-order valence-electron chi connectivity index (χ1n) is 9.71. The minimum atomic E-state index is -0.712. The highest BCUT2D eigenvalue weighted by atomic mass is 31.1. The van der Waals surface area contributed by atoms with Gasteiger partial charge in [-0.3, -0.25) is 0 Å². The molecule has 0 unspecified atom stereocenters. The Morgan fingerprint density at radius 1 is 0.690 bits per heavy atom. The summed E-state index contributed by atoms with van der Waals surface area (Å²) in [5, 5.41) is 7.58. The molecule has 144 valence electrons. The van der Waals surface area contributed by atoms with E-state index < -0.39 is 7.92 Å². The van der Waals surface area contributed by atoms with Crippen molar-refractivity contribution in [3.63, 3.8) is 0 Å². The van der Waals surface area contributed by atoms with Gasteiger partial charge in [0.2, 0.25) is 0 Å². The third kappa shape index (κ3) is 4.67. The minimum Gasteiger partial charge on any atom is -0.497 e. The van der Waals surface area contributed by atoms with Crippen LogP contribution in [0.3, 0.4) is 0 Å². The van der Waals surface area contributed by atoms with Crippen molar-refractivity contribution in [2.24, 2.45) is 0 Å². The lowest BCUT2D eigenvalue weighted by molar-refractivity contribution is 0.415. The summed E-state index contributed by atoms with van der Waals surface area (Å²) in [6.07, 6.45) is 0. The maximum absolute atomic E-state index is 5.58. The van der Waals surface area contributed by atoms with Gasteiger partial charge in [-0.15, -0.1) is 0 Å². The molecule has 0 aliphatic carbocycles. The highest BCUT2D eigenvalue weighted by molar-refractivity contribution is 7.80. The molecule has 0 spiro atoms. The molecule has 0 saturated carbocycles. The van der Waals surface area contributed by atoms with Crippen molar-refractivity contribution in [3.8, 4) is 5.75 Å². The van der Waals surface area contributed by atoms with Crippen LogP contribution in [0.2, 0.25) is 0 Å².